The van der Waals surface area contributed by atoms with E-state index in [0.29, 0.717) is 19.5 Å². The molecule has 98 valence electrons. The fourth-order valence-corrected chi connectivity index (χ4v) is 2.09. The summed E-state index contributed by atoms with van der Waals surface area (Å²) in [5.74, 6) is -1.23. The zero-order valence-electron chi connectivity index (χ0n) is 10.6. The van der Waals surface area contributed by atoms with E-state index in [-0.39, 0.29) is 11.8 Å². The van der Waals surface area contributed by atoms with Gasteiger partial charge in [0.15, 0.2) is 0 Å². The molecule has 17 heavy (non-hydrogen) atoms. The van der Waals surface area contributed by atoms with Crippen LogP contribution >= 0.6 is 0 Å². The zero-order chi connectivity index (χ0) is 13.0. The van der Waals surface area contributed by atoms with E-state index < -0.39 is 17.9 Å². The summed E-state index contributed by atoms with van der Waals surface area (Å²) in [5, 5.41) is 8.96. The standard InChI is InChI=1S/C12H22N2O3/c1-3-8(2)10(13)11(15)14-6-4-5-9(7-14)12(16)17/h8-10H,3-7,13H2,1-2H3,(H,16,17)/t8?,9?,10-/m0/s1. The summed E-state index contributed by atoms with van der Waals surface area (Å²) in [6.45, 7) is 4.88. The van der Waals surface area contributed by atoms with Gasteiger partial charge in [-0.15, -0.1) is 0 Å². The number of rotatable bonds is 4. The van der Waals surface area contributed by atoms with Crippen molar-refractivity contribution in [3.8, 4) is 0 Å². The Morgan fingerprint density at radius 2 is 2.18 bits per heavy atom. The van der Waals surface area contributed by atoms with Gasteiger partial charge in [0.2, 0.25) is 5.91 Å². The number of carbonyl (C=O) groups is 2. The molecule has 0 aromatic rings. The fourth-order valence-electron chi connectivity index (χ4n) is 2.09. The highest BCUT2D eigenvalue weighted by atomic mass is 16.4. The van der Waals surface area contributed by atoms with Gasteiger partial charge in [0.05, 0.1) is 12.0 Å². The first-order chi connectivity index (χ1) is 7.97. The minimum atomic E-state index is -0.820. The van der Waals surface area contributed by atoms with Crippen LogP contribution in [0.5, 0.6) is 0 Å². The van der Waals surface area contributed by atoms with Crippen LogP contribution in [0.1, 0.15) is 33.1 Å². The number of nitrogens with two attached hydrogens (primary N) is 1. The molecule has 1 fully saturated rings. The molecule has 2 unspecified atom stereocenters. The molecular formula is C12H22N2O3. The second-order valence-electron chi connectivity index (χ2n) is 4.87. The Bertz CT molecular complexity index is 293. The number of amides is 1. The summed E-state index contributed by atoms with van der Waals surface area (Å²) in [6, 6.07) is -0.507. The maximum absolute atomic E-state index is 12.1. The van der Waals surface area contributed by atoms with Crippen molar-refractivity contribution < 1.29 is 14.7 Å². The largest absolute Gasteiger partial charge is 0.481 e. The predicted molar refractivity (Wildman–Crippen MR) is 64.4 cm³/mol. The summed E-state index contributed by atoms with van der Waals surface area (Å²) in [7, 11) is 0. The smallest absolute Gasteiger partial charge is 0.308 e. The molecule has 1 aliphatic heterocycles. The number of aliphatic carboxylic acids is 1. The second-order valence-corrected chi connectivity index (χ2v) is 4.87. The number of carboxylic acid groups (broad SMARTS) is 1. The monoisotopic (exact) mass is 242 g/mol. The lowest BCUT2D eigenvalue weighted by molar-refractivity contribution is -0.146. The quantitative estimate of drug-likeness (QED) is 0.759. The van der Waals surface area contributed by atoms with E-state index in [4.69, 9.17) is 10.8 Å². The van der Waals surface area contributed by atoms with Crippen LogP contribution in [0.4, 0.5) is 0 Å². The Kier molecular flexibility index (Phi) is 4.93. The predicted octanol–water partition coefficient (Wildman–Crippen LogP) is 0.683. The molecule has 0 saturated carbocycles. The van der Waals surface area contributed by atoms with Gasteiger partial charge >= 0.3 is 5.97 Å². The lowest BCUT2D eigenvalue weighted by atomic mass is 9.94. The van der Waals surface area contributed by atoms with Crippen LogP contribution in [0.2, 0.25) is 0 Å². The molecule has 5 nitrogen and oxygen atoms in total. The Balaban J connectivity index is 2.60. The number of hydrogen-bond donors (Lipinski definition) is 2. The van der Waals surface area contributed by atoms with Crippen LogP contribution in [0.3, 0.4) is 0 Å². The van der Waals surface area contributed by atoms with Crippen molar-refractivity contribution in [1.29, 1.82) is 0 Å². The Labute approximate surface area is 102 Å². The molecule has 0 aromatic carbocycles. The highest BCUT2D eigenvalue weighted by Crippen LogP contribution is 2.18. The lowest BCUT2D eigenvalue weighted by Gasteiger charge is -2.33. The fraction of sp³-hybridized carbons (Fsp3) is 0.833. The van der Waals surface area contributed by atoms with Crippen LogP contribution in [0.25, 0.3) is 0 Å². The van der Waals surface area contributed by atoms with Crippen molar-refractivity contribution in [2.24, 2.45) is 17.6 Å². The molecule has 0 spiro atoms. The first-order valence-electron chi connectivity index (χ1n) is 6.24. The third kappa shape index (κ3) is 3.43. The van der Waals surface area contributed by atoms with Crippen LogP contribution in [0.15, 0.2) is 0 Å². The lowest BCUT2D eigenvalue weighted by Crippen LogP contribution is -2.51. The molecule has 1 saturated heterocycles. The zero-order valence-corrected chi connectivity index (χ0v) is 10.6. The Morgan fingerprint density at radius 1 is 1.53 bits per heavy atom. The third-order valence-corrected chi connectivity index (χ3v) is 3.62. The summed E-state index contributed by atoms with van der Waals surface area (Å²) in [4.78, 5) is 24.6. The van der Waals surface area contributed by atoms with Gasteiger partial charge in [-0.25, -0.2) is 0 Å². The van der Waals surface area contributed by atoms with Gasteiger partial charge in [-0.05, 0) is 18.8 Å². The molecule has 0 radical (unpaired) electrons. The topological polar surface area (TPSA) is 83.6 Å². The normalized spacial score (nSPS) is 24.2. The number of piperidine rings is 1. The van der Waals surface area contributed by atoms with Gasteiger partial charge in [0, 0.05) is 13.1 Å². The molecule has 1 amide bonds. The van der Waals surface area contributed by atoms with E-state index in [1.807, 2.05) is 13.8 Å². The van der Waals surface area contributed by atoms with Crippen molar-refractivity contribution in [3.63, 3.8) is 0 Å². The highest BCUT2D eigenvalue weighted by molar-refractivity contribution is 5.82. The van der Waals surface area contributed by atoms with Crippen LogP contribution in [-0.2, 0) is 9.59 Å². The number of likely N-dealkylation sites (tertiary alicyclic amines) is 1. The molecule has 3 N–H and O–H groups in total. The Morgan fingerprint density at radius 3 is 2.71 bits per heavy atom. The minimum Gasteiger partial charge on any atom is -0.481 e. The van der Waals surface area contributed by atoms with Crippen LogP contribution < -0.4 is 5.73 Å². The number of carbonyl (C=O) groups excluding carboxylic acids is 1. The van der Waals surface area contributed by atoms with E-state index >= 15 is 0 Å². The molecule has 1 heterocycles. The van der Waals surface area contributed by atoms with Crippen molar-refractivity contribution in [2.75, 3.05) is 13.1 Å². The average Bonchev–Trinajstić information content (AvgIpc) is 2.36. The highest BCUT2D eigenvalue weighted by Gasteiger charge is 2.31. The van der Waals surface area contributed by atoms with Gasteiger partial charge in [0.1, 0.15) is 0 Å². The van der Waals surface area contributed by atoms with Crippen molar-refractivity contribution >= 4 is 11.9 Å². The SMILES string of the molecule is CCC(C)[C@H](N)C(=O)N1CCCC(C(=O)O)C1. The van der Waals surface area contributed by atoms with Gasteiger partial charge < -0.3 is 15.7 Å². The number of nitrogens with zero attached hydrogens (tertiary/aromatic N) is 1. The molecule has 0 aliphatic carbocycles. The van der Waals surface area contributed by atoms with E-state index in [1.165, 1.54) is 0 Å². The molecule has 0 aromatic heterocycles. The first kappa shape index (κ1) is 14.0. The molecule has 1 rings (SSSR count). The van der Waals surface area contributed by atoms with E-state index in [2.05, 4.69) is 0 Å². The van der Waals surface area contributed by atoms with Crippen molar-refractivity contribution in [1.82, 2.24) is 4.90 Å². The first-order valence-corrected chi connectivity index (χ1v) is 6.24. The summed E-state index contributed by atoms with van der Waals surface area (Å²) < 4.78 is 0. The van der Waals surface area contributed by atoms with E-state index in [9.17, 15) is 9.59 Å². The molecule has 5 heteroatoms. The third-order valence-electron chi connectivity index (χ3n) is 3.62. The molecule has 0 bridgehead atoms. The molecule has 3 atom stereocenters. The minimum absolute atomic E-state index is 0.106. The maximum Gasteiger partial charge on any atom is 0.308 e. The van der Waals surface area contributed by atoms with Crippen LogP contribution in [0, 0.1) is 11.8 Å². The number of hydrogen-bond acceptors (Lipinski definition) is 3. The number of carboxylic acids is 1. The van der Waals surface area contributed by atoms with Crippen molar-refractivity contribution in [3.05, 3.63) is 0 Å². The van der Waals surface area contributed by atoms with Gasteiger partial charge in [-0.1, -0.05) is 20.3 Å². The van der Waals surface area contributed by atoms with Gasteiger partial charge in [-0.2, -0.15) is 0 Å². The summed E-state index contributed by atoms with van der Waals surface area (Å²) in [6.07, 6.45) is 2.25. The molecule has 1 aliphatic rings. The van der Waals surface area contributed by atoms with Gasteiger partial charge in [0.25, 0.3) is 0 Å². The van der Waals surface area contributed by atoms with E-state index in [1.54, 1.807) is 4.90 Å². The van der Waals surface area contributed by atoms with Crippen molar-refractivity contribution in [2.45, 2.75) is 39.2 Å². The average molecular weight is 242 g/mol. The second kappa shape index (κ2) is 6.00. The summed E-state index contributed by atoms with van der Waals surface area (Å²) in [5.41, 5.74) is 5.89. The Hall–Kier alpha value is -1.10. The van der Waals surface area contributed by atoms with E-state index in [0.717, 1.165) is 12.8 Å². The van der Waals surface area contributed by atoms with Crippen LogP contribution in [-0.4, -0.2) is 41.0 Å². The summed E-state index contributed by atoms with van der Waals surface area (Å²) >= 11 is 0. The van der Waals surface area contributed by atoms with Gasteiger partial charge in [-0.3, -0.25) is 9.59 Å². The molecular weight excluding hydrogens is 220 g/mol. The maximum atomic E-state index is 12.1.